The molecule has 2 heterocycles. The zero-order valence-corrected chi connectivity index (χ0v) is 15.4. The second-order valence-corrected chi connectivity index (χ2v) is 6.99. The Hall–Kier alpha value is -1.63. The first-order valence-electron chi connectivity index (χ1n) is 8.14. The largest absolute Gasteiger partial charge is 0.493 e. The van der Waals surface area contributed by atoms with E-state index in [-0.39, 0.29) is 12.2 Å². The number of para-hydroxylation sites is 1. The Labute approximate surface area is 147 Å². The van der Waals surface area contributed by atoms with Gasteiger partial charge in [-0.15, -0.1) is 11.3 Å². The molecule has 1 saturated heterocycles. The molecule has 0 amide bonds. The van der Waals surface area contributed by atoms with Gasteiger partial charge in [-0.05, 0) is 26.0 Å². The van der Waals surface area contributed by atoms with E-state index in [1.807, 2.05) is 18.2 Å². The summed E-state index contributed by atoms with van der Waals surface area (Å²) >= 11 is 1.64. The molecule has 0 radical (unpaired) electrons. The fourth-order valence-corrected chi connectivity index (χ4v) is 4.03. The highest BCUT2D eigenvalue weighted by Crippen LogP contribution is 2.39. The molecule has 5 nitrogen and oxygen atoms in total. The van der Waals surface area contributed by atoms with Crippen LogP contribution < -0.4 is 9.47 Å². The standard InChI is InChI=1S/C18H24N2O3S/c1-12-8-20(9-13(2)23-12)10-14-11-24-18(19-14)15-6-5-7-16(21-3)17(15)22-4/h5-7,11-13H,8-10H2,1-4H3/t12-,13-/m0/s1. The Balaban J connectivity index is 1.79. The summed E-state index contributed by atoms with van der Waals surface area (Å²) < 4.78 is 16.7. The summed E-state index contributed by atoms with van der Waals surface area (Å²) in [5.74, 6) is 1.46. The van der Waals surface area contributed by atoms with Crippen LogP contribution in [-0.4, -0.2) is 49.4 Å². The lowest BCUT2D eigenvalue weighted by atomic mass is 10.2. The van der Waals surface area contributed by atoms with Crippen molar-refractivity contribution >= 4 is 11.3 Å². The van der Waals surface area contributed by atoms with Crippen molar-refractivity contribution in [3.63, 3.8) is 0 Å². The van der Waals surface area contributed by atoms with Crippen molar-refractivity contribution in [1.82, 2.24) is 9.88 Å². The van der Waals surface area contributed by atoms with E-state index in [4.69, 9.17) is 19.2 Å². The molecule has 24 heavy (non-hydrogen) atoms. The highest BCUT2D eigenvalue weighted by atomic mass is 32.1. The van der Waals surface area contributed by atoms with Crippen LogP contribution in [0.3, 0.4) is 0 Å². The number of hydrogen-bond donors (Lipinski definition) is 0. The summed E-state index contributed by atoms with van der Waals surface area (Å²) in [5.41, 5.74) is 2.05. The molecule has 0 saturated carbocycles. The molecule has 1 fully saturated rings. The third-order valence-corrected chi connectivity index (χ3v) is 4.99. The van der Waals surface area contributed by atoms with Gasteiger partial charge in [-0.2, -0.15) is 0 Å². The first-order chi connectivity index (χ1) is 11.6. The van der Waals surface area contributed by atoms with Crippen LogP contribution in [0.25, 0.3) is 10.6 Å². The van der Waals surface area contributed by atoms with Gasteiger partial charge in [-0.25, -0.2) is 4.98 Å². The Morgan fingerprint density at radius 2 is 1.96 bits per heavy atom. The van der Waals surface area contributed by atoms with Crippen LogP contribution in [0.15, 0.2) is 23.6 Å². The molecule has 0 unspecified atom stereocenters. The molecule has 2 atom stereocenters. The predicted molar refractivity (Wildman–Crippen MR) is 95.9 cm³/mol. The Bertz CT molecular complexity index is 679. The molecule has 0 bridgehead atoms. The van der Waals surface area contributed by atoms with Gasteiger partial charge in [0.15, 0.2) is 11.5 Å². The lowest BCUT2D eigenvalue weighted by molar-refractivity contribution is -0.0707. The average Bonchev–Trinajstić information content (AvgIpc) is 3.01. The lowest BCUT2D eigenvalue weighted by Gasteiger charge is -2.34. The van der Waals surface area contributed by atoms with Gasteiger partial charge < -0.3 is 14.2 Å². The van der Waals surface area contributed by atoms with E-state index in [1.165, 1.54) is 0 Å². The van der Waals surface area contributed by atoms with E-state index >= 15 is 0 Å². The quantitative estimate of drug-likeness (QED) is 0.828. The molecular weight excluding hydrogens is 324 g/mol. The van der Waals surface area contributed by atoms with Crippen LogP contribution >= 0.6 is 11.3 Å². The van der Waals surface area contributed by atoms with Gasteiger partial charge in [0.2, 0.25) is 0 Å². The fourth-order valence-electron chi connectivity index (χ4n) is 3.20. The van der Waals surface area contributed by atoms with Gasteiger partial charge in [0.25, 0.3) is 0 Å². The zero-order chi connectivity index (χ0) is 17.1. The van der Waals surface area contributed by atoms with Gasteiger partial charge in [0.1, 0.15) is 5.01 Å². The summed E-state index contributed by atoms with van der Waals surface area (Å²) in [5, 5.41) is 3.08. The van der Waals surface area contributed by atoms with Crippen molar-refractivity contribution in [3.8, 4) is 22.1 Å². The summed E-state index contributed by atoms with van der Waals surface area (Å²) in [6.45, 7) is 6.98. The van der Waals surface area contributed by atoms with Gasteiger partial charge in [-0.1, -0.05) is 6.07 Å². The van der Waals surface area contributed by atoms with Crippen molar-refractivity contribution in [3.05, 3.63) is 29.3 Å². The van der Waals surface area contributed by atoms with Gasteiger partial charge >= 0.3 is 0 Å². The SMILES string of the molecule is COc1cccc(-c2nc(CN3C[C@H](C)O[C@@H](C)C3)cs2)c1OC. The molecule has 0 spiro atoms. The topological polar surface area (TPSA) is 43.8 Å². The van der Waals surface area contributed by atoms with Crippen molar-refractivity contribution < 1.29 is 14.2 Å². The summed E-state index contributed by atoms with van der Waals surface area (Å²) in [4.78, 5) is 7.21. The number of ether oxygens (including phenoxy) is 3. The maximum Gasteiger partial charge on any atom is 0.170 e. The molecule has 3 rings (SSSR count). The maximum atomic E-state index is 5.79. The van der Waals surface area contributed by atoms with Crippen LogP contribution in [0.2, 0.25) is 0 Å². The monoisotopic (exact) mass is 348 g/mol. The fraction of sp³-hybridized carbons (Fsp3) is 0.500. The highest BCUT2D eigenvalue weighted by Gasteiger charge is 2.23. The molecule has 2 aromatic rings. The summed E-state index contributed by atoms with van der Waals surface area (Å²) in [7, 11) is 3.31. The smallest absolute Gasteiger partial charge is 0.170 e. The van der Waals surface area contributed by atoms with Crippen molar-refractivity contribution in [2.75, 3.05) is 27.3 Å². The van der Waals surface area contributed by atoms with Crippen LogP contribution in [-0.2, 0) is 11.3 Å². The first-order valence-corrected chi connectivity index (χ1v) is 9.02. The molecule has 1 aromatic heterocycles. The van der Waals surface area contributed by atoms with E-state index in [0.29, 0.717) is 0 Å². The van der Waals surface area contributed by atoms with Gasteiger partial charge in [0.05, 0.1) is 37.7 Å². The minimum Gasteiger partial charge on any atom is -0.493 e. The second kappa shape index (κ2) is 7.51. The molecular formula is C18H24N2O3S. The number of nitrogens with zero attached hydrogens (tertiary/aromatic N) is 2. The molecule has 1 aliphatic heterocycles. The van der Waals surface area contributed by atoms with E-state index in [9.17, 15) is 0 Å². The lowest BCUT2D eigenvalue weighted by Crippen LogP contribution is -2.44. The molecule has 1 aromatic carbocycles. The number of benzene rings is 1. The number of thiazole rings is 1. The number of morpholine rings is 1. The van der Waals surface area contributed by atoms with Gasteiger partial charge in [0, 0.05) is 25.0 Å². The third-order valence-electron chi connectivity index (χ3n) is 4.07. The minimum absolute atomic E-state index is 0.269. The number of rotatable bonds is 5. The van der Waals surface area contributed by atoms with Crippen LogP contribution in [0.1, 0.15) is 19.5 Å². The van der Waals surface area contributed by atoms with Crippen LogP contribution in [0, 0.1) is 0 Å². The Morgan fingerprint density at radius 3 is 2.62 bits per heavy atom. The number of hydrogen-bond acceptors (Lipinski definition) is 6. The first kappa shape index (κ1) is 17.2. The van der Waals surface area contributed by atoms with E-state index in [2.05, 4.69) is 24.1 Å². The van der Waals surface area contributed by atoms with Crippen molar-refractivity contribution in [1.29, 1.82) is 0 Å². The zero-order valence-electron chi connectivity index (χ0n) is 14.6. The van der Waals surface area contributed by atoms with Gasteiger partial charge in [-0.3, -0.25) is 4.90 Å². The van der Waals surface area contributed by atoms with E-state index in [0.717, 1.165) is 47.4 Å². The Kier molecular flexibility index (Phi) is 5.38. The summed E-state index contributed by atoms with van der Waals surface area (Å²) in [6.07, 6.45) is 0.538. The number of methoxy groups -OCH3 is 2. The van der Waals surface area contributed by atoms with Crippen LogP contribution in [0.4, 0.5) is 0 Å². The molecule has 0 aliphatic carbocycles. The van der Waals surface area contributed by atoms with Crippen LogP contribution in [0.5, 0.6) is 11.5 Å². The molecule has 1 aliphatic rings. The molecule has 130 valence electrons. The minimum atomic E-state index is 0.269. The van der Waals surface area contributed by atoms with E-state index in [1.54, 1.807) is 25.6 Å². The number of aromatic nitrogens is 1. The molecule has 6 heteroatoms. The molecule has 0 N–H and O–H groups in total. The highest BCUT2D eigenvalue weighted by molar-refractivity contribution is 7.13. The van der Waals surface area contributed by atoms with Crippen molar-refractivity contribution in [2.45, 2.75) is 32.6 Å². The predicted octanol–water partition coefficient (Wildman–Crippen LogP) is 3.44. The normalized spacial score (nSPS) is 21.7. The van der Waals surface area contributed by atoms with Crippen molar-refractivity contribution in [2.24, 2.45) is 0 Å². The second-order valence-electron chi connectivity index (χ2n) is 6.14. The maximum absolute atomic E-state index is 5.79. The van der Waals surface area contributed by atoms with E-state index < -0.39 is 0 Å². The average molecular weight is 348 g/mol. The summed E-state index contributed by atoms with van der Waals surface area (Å²) in [6, 6.07) is 5.87. The Morgan fingerprint density at radius 1 is 1.21 bits per heavy atom. The third kappa shape index (κ3) is 3.71.